The molecule has 2 aromatic heterocycles. The van der Waals surface area contributed by atoms with Gasteiger partial charge in [-0.3, -0.25) is 9.69 Å². The lowest BCUT2D eigenvalue weighted by Crippen LogP contribution is -2.31. The maximum Gasteiger partial charge on any atom is 0.226 e. The predicted molar refractivity (Wildman–Crippen MR) is 128 cm³/mol. The van der Waals surface area contributed by atoms with Gasteiger partial charge >= 0.3 is 0 Å². The Hall–Kier alpha value is -3.08. The van der Waals surface area contributed by atoms with Crippen LogP contribution < -0.4 is 10.1 Å². The molecular weight excluding hydrogens is 420 g/mol. The highest BCUT2D eigenvalue weighted by Gasteiger charge is 2.23. The first kappa shape index (κ1) is 20.8. The zero-order chi connectivity index (χ0) is 22.1. The van der Waals surface area contributed by atoms with Gasteiger partial charge in [-0.05, 0) is 55.0 Å². The van der Waals surface area contributed by atoms with E-state index < -0.39 is 0 Å². The molecule has 164 valence electrons. The normalized spacial score (nSPS) is 15.9. The Bertz CT molecular complexity index is 1250. The number of nitriles is 1. The first-order chi connectivity index (χ1) is 15.7. The highest BCUT2D eigenvalue weighted by atomic mass is 32.1. The van der Waals surface area contributed by atoms with Crippen molar-refractivity contribution in [2.75, 3.05) is 32.1 Å². The van der Waals surface area contributed by atoms with Crippen molar-refractivity contribution in [3.8, 4) is 11.8 Å². The molecule has 3 heterocycles. The van der Waals surface area contributed by atoms with Crippen molar-refractivity contribution >= 4 is 38.7 Å². The summed E-state index contributed by atoms with van der Waals surface area (Å²) in [5.41, 5.74) is 5.49. The maximum atomic E-state index is 12.5. The van der Waals surface area contributed by atoms with E-state index in [9.17, 15) is 10.1 Å². The molecule has 0 bridgehead atoms. The molecular formula is C25H26N4O2S. The number of anilines is 1. The Kier molecular flexibility index (Phi) is 5.73. The van der Waals surface area contributed by atoms with Crippen LogP contribution >= 0.6 is 11.3 Å². The molecule has 7 heteroatoms. The Labute approximate surface area is 191 Å². The van der Waals surface area contributed by atoms with Crippen LogP contribution in [0.4, 0.5) is 5.00 Å². The fourth-order valence-corrected chi connectivity index (χ4v) is 5.97. The SMILES string of the molecule is COc1ccc2[nH]cc(C3=CCN(CCC(=O)Nc4sc5c(c4C#N)CCC5)CC3)c2c1. The number of aromatic nitrogens is 1. The van der Waals surface area contributed by atoms with E-state index in [4.69, 9.17) is 4.74 Å². The summed E-state index contributed by atoms with van der Waals surface area (Å²) in [6.07, 6.45) is 8.81. The topological polar surface area (TPSA) is 81.2 Å². The van der Waals surface area contributed by atoms with Gasteiger partial charge in [0.15, 0.2) is 0 Å². The number of thiophene rings is 1. The average molecular weight is 447 g/mol. The lowest BCUT2D eigenvalue weighted by atomic mass is 9.98. The van der Waals surface area contributed by atoms with Crippen molar-refractivity contribution in [3.63, 3.8) is 0 Å². The number of carbonyl (C=O) groups is 1. The molecule has 0 saturated heterocycles. The van der Waals surface area contributed by atoms with E-state index >= 15 is 0 Å². The smallest absolute Gasteiger partial charge is 0.226 e. The van der Waals surface area contributed by atoms with Gasteiger partial charge in [0.05, 0.1) is 12.7 Å². The van der Waals surface area contributed by atoms with E-state index in [1.807, 2.05) is 12.1 Å². The minimum atomic E-state index is -0.0140. The molecule has 1 aliphatic carbocycles. The average Bonchev–Trinajstić information content (AvgIpc) is 3.52. The second kappa shape index (κ2) is 8.81. The number of H-pyrrole nitrogens is 1. The van der Waals surface area contributed by atoms with Crippen LogP contribution in [-0.4, -0.2) is 42.5 Å². The van der Waals surface area contributed by atoms with Crippen LogP contribution in [0.2, 0.25) is 0 Å². The van der Waals surface area contributed by atoms with Gasteiger partial charge in [0, 0.05) is 53.6 Å². The number of hydrogen-bond acceptors (Lipinski definition) is 5. The van der Waals surface area contributed by atoms with Crippen molar-refractivity contribution in [3.05, 3.63) is 52.0 Å². The molecule has 2 N–H and O–H groups in total. The third-order valence-corrected chi connectivity index (χ3v) is 7.68. The number of rotatable bonds is 6. The molecule has 3 aromatic rings. The summed E-state index contributed by atoms with van der Waals surface area (Å²) in [5, 5.41) is 14.4. The number of nitrogens with zero attached hydrogens (tertiary/aromatic N) is 2. The first-order valence-corrected chi connectivity index (χ1v) is 11.9. The summed E-state index contributed by atoms with van der Waals surface area (Å²) in [7, 11) is 1.69. The molecule has 2 aliphatic rings. The molecule has 0 spiro atoms. The minimum Gasteiger partial charge on any atom is -0.497 e. The molecule has 0 unspecified atom stereocenters. The fourth-order valence-electron chi connectivity index (χ4n) is 4.71. The van der Waals surface area contributed by atoms with Gasteiger partial charge in [-0.2, -0.15) is 5.26 Å². The Morgan fingerprint density at radius 1 is 1.34 bits per heavy atom. The van der Waals surface area contributed by atoms with E-state index in [0.29, 0.717) is 18.5 Å². The van der Waals surface area contributed by atoms with Gasteiger partial charge in [-0.25, -0.2) is 0 Å². The zero-order valence-electron chi connectivity index (χ0n) is 18.2. The standard InChI is InChI=1S/C25H26N4O2S/c1-31-17-5-6-22-19(13-17)21(15-27-22)16-7-10-29(11-8-16)12-9-24(30)28-25-20(14-26)18-3-2-4-23(18)32-25/h5-7,13,15,27H,2-4,8-12H2,1H3,(H,28,30). The van der Waals surface area contributed by atoms with Crippen LogP contribution in [0.1, 0.15) is 40.8 Å². The number of fused-ring (bicyclic) bond motifs is 2. The van der Waals surface area contributed by atoms with E-state index in [1.165, 1.54) is 21.4 Å². The lowest BCUT2D eigenvalue weighted by Gasteiger charge is -2.26. The summed E-state index contributed by atoms with van der Waals surface area (Å²) in [4.78, 5) is 19.5. The number of benzene rings is 1. The number of aromatic amines is 1. The number of nitrogens with one attached hydrogen (secondary N) is 2. The molecule has 0 atom stereocenters. The number of hydrogen-bond donors (Lipinski definition) is 2. The van der Waals surface area contributed by atoms with Crippen LogP contribution in [0.25, 0.3) is 16.5 Å². The number of carbonyl (C=O) groups excluding carboxylic acids is 1. The summed E-state index contributed by atoms with van der Waals surface area (Å²) < 4.78 is 5.38. The van der Waals surface area contributed by atoms with Crippen molar-refractivity contribution in [2.24, 2.45) is 0 Å². The van der Waals surface area contributed by atoms with Gasteiger partial charge in [0.1, 0.15) is 16.8 Å². The summed E-state index contributed by atoms with van der Waals surface area (Å²) in [6.45, 7) is 2.47. The second-order valence-corrected chi connectivity index (χ2v) is 9.47. The summed E-state index contributed by atoms with van der Waals surface area (Å²) in [5.74, 6) is 0.845. The van der Waals surface area contributed by atoms with E-state index in [0.717, 1.165) is 60.6 Å². The molecule has 0 radical (unpaired) electrons. The molecule has 1 aliphatic heterocycles. The quantitative estimate of drug-likeness (QED) is 0.574. The fraction of sp³-hybridized carbons (Fsp3) is 0.360. The van der Waals surface area contributed by atoms with Crippen LogP contribution in [0, 0.1) is 11.3 Å². The van der Waals surface area contributed by atoms with Crippen molar-refractivity contribution in [2.45, 2.75) is 32.1 Å². The van der Waals surface area contributed by atoms with Crippen LogP contribution in [-0.2, 0) is 17.6 Å². The zero-order valence-corrected chi connectivity index (χ0v) is 19.0. The van der Waals surface area contributed by atoms with Gasteiger partial charge in [0.2, 0.25) is 5.91 Å². The Morgan fingerprint density at radius 3 is 3.03 bits per heavy atom. The van der Waals surface area contributed by atoms with Crippen LogP contribution in [0.5, 0.6) is 5.75 Å². The third-order valence-electron chi connectivity index (χ3n) is 6.47. The van der Waals surface area contributed by atoms with Crippen molar-refractivity contribution in [1.82, 2.24) is 9.88 Å². The summed E-state index contributed by atoms with van der Waals surface area (Å²) >= 11 is 1.58. The number of ether oxygens (including phenoxy) is 1. The Morgan fingerprint density at radius 2 is 2.25 bits per heavy atom. The molecule has 0 saturated carbocycles. The molecule has 32 heavy (non-hydrogen) atoms. The molecule has 5 rings (SSSR count). The molecule has 1 amide bonds. The van der Waals surface area contributed by atoms with Crippen LogP contribution in [0.15, 0.2) is 30.5 Å². The van der Waals surface area contributed by atoms with Crippen molar-refractivity contribution < 1.29 is 9.53 Å². The lowest BCUT2D eigenvalue weighted by molar-refractivity contribution is -0.116. The van der Waals surface area contributed by atoms with Gasteiger partial charge in [-0.15, -0.1) is 11.3 Å². The van der Waals surface area contributed by atoms with E-state index in [2.05, 4.69) is 39.6 Å². The highest BCUT2D eigenvalue weighted by Crippen LogP contribution is 2.38. The number of methoxy groups -OCH3 is 1. The number of aryl methyl sites for hydroxylation is 1. The van der Waals surface area contributed by atoms with E-state index in [1.54, 1.807) is 18.4 Å². The maximum absolute atomic E-state index is 12.5. The predicted octanol–water partition coefficient (Wildman–Crippen LogP) is 4.72. The highest BCUT2D eigenvalue weighted by molar-refractivity contribution is 7.16. The monoisotopic (exact) mass is 446 g/mol. The van der Waals surface area contributed by atoms with Crippen LogP contribution in [0.3, 0.4) is 0 Å². The van der Waals surface area contributed by atoms with E-state index in [-0.39, 0.29) is 5.91 Å². The van der Waals surface area contributed by atoms with Gasteiger partial charge in [-0.1, -0.05) is 6.08 Å². The first-order valence-electron chi connectivity index (χ1n) is 11.1. The van der Waals surface area contributed by atoms with Gasteiger partial charge < -0.3 is 15.0 Å². The largest absolute Gasteiger partial charge is 0.497 e. The molecule has 1 aromatic carbocycles. The minimum absolute atomic E-state index is 0.0140. The third kappa shape index (κ3) is 3.92. The summed E-state index contributed by atoms with van der Waals surface area (Å²) in [6, 6.07) is 8.38. The molecule has 6 nitrogen and oxygen atoms in total. The van der Waals surface area contributed by atoms with Crippen molar-refractivity contribution in [1.29, 1.82) is 5.26 Å². The van der Waals surface area contributed by atoms with Gasteiger partial charge in [0.25, 0.3) is 0 Å². The second-order valence-electron chi connectivity index (χ2n) is 8.37. The Balaban J connectivity index is 1.19. The molecule has 0 fully saturated rings. The number of amides is 1.